The van der Waals surface area contributed by atoms with Crippen molar-refractivity contribution in [3.05, 3.63) is 50.5 Å². The van der Waals surface area contributed by atoms with Gasteiger partial charge < -0.3 is 5.32 Å². The van der Waals surface area contributed by atoms with Crippen LogP contribution in [0.2, 0.25) is 0 Å². The minimum Gasteiger partial charge on any atom is -0.311 e. The third-order valence-corrected chi connectivity index (χ3v) is 4.59. The number of hydrogen-bond donors (Lipinski definition) is 1. The zero-order valence-corrected chi connectivity index (χ0v) is 11.7. The maximum absolute atomic E-state index is 4.80. The first-order valence-corrected chi connectivity index (χ1v) is 7.28. The van der Waals surface area contributed by atoms with Gasteiger partial charge in [-0.3, -0.25) is 0 Å². The number of benzene rings is 1. The Bertz CT molecular complexity index is 548. The second kappa shape index (κ2) is 4.82. The van der Waals surface area contributed by atoms with Gasteiger partial charge >= 0.3 is 0 Å². The third kappa shape index (κ3) is 2.33. The summed E-state index contributed by atoms with van der Waals surface area (Å²) in [6, 6.07) is 6.67. The number of thiazole rings is 1. The lowest BCUT2D eigenvalue weighted by atomic mass is 10.0. The van der Waals surface area contributed by atoms with Crippen molar-refractivity contribution in [2.75, 3.05) is 6.54 Å². The van der Waals surface area contributed by atoms with Crippen molar-refractivity contribution in [2.45, 2.75) is 33.2 Å². The largest absolute Gasteiger partial charge is 0.311 e. The van der Waals surface area contributed by atoms with Gasteiger partial charge in [-0.05, 0) is 25.0 Å². The van der Waals surface area contributed by atoms with Gasteiger partial charge in [0.25, 0.3) is 0 Å². The van der Waals surface area contributed by atoms with E-state index in [0.717, 1.165) is 25.9 Å². The first-order chi connectivity index (χ1) is 8.72. The van der Waals surface area contributed by atoms with Crippen molar-refractivity contribution < 1.29 is 0 Å². The first-order valence-electron chi connectivity index (χ1n) is 6.46. The van der Waals surface area contributed by atoms with E-state index in [9.17, 15) is 0 Å². The van der Waals surface area contributed by atoms with Crippen LogP contribution in [0.1, 0.15) is 32.3 Å². The molecule has 1 aliphatic heterocycles. The predicted octanol–water partition coefficient (Wildman–Crippen LogP) is 3.00. The van der Waals surface area contributed by atoms with Gasteiger partial charge in [0, 0.05) is 30.8 Å². The zero-order valence-electron chi connectivity index (χ0n) is 10.9. The molecule has 0 unspecified atom stereocenters. The molecule has 0 atom stereocenters. The van der Waals surface area contributed by atoms with Crippen LogP contribution in [0.25, 0.3) is 0 Å². The molecule has 1 aliphatic rings. The highest BCUT2D eigenvalue weighted by Gasteiger charge is 2.15. The summed E-state index contributed by atoms with van der Waals surface area (Å²) in [5.74, 6) is 0. The molecule has 3 heteroatoms. The van der Waals surface area contributed by atoms with Crippen molar-refractivity contribution in [1.82, 2.24) is 10.3 Å². The van der Waals surface area contributed by atoms with Crippen LogP contribution in [0.5, 0.6) is 0 Å². The van der Waals surface area contributed by atoms with E-state index in [1.54, 1.807) is 0 Å². The van der Waals surface area contributed by atoms with Crippen molar-refractivity contribution in [3.63, 3.8) is 0 Å². The average Bonchev–Trinajstić information content (AvgIpc) is 2.76. The quantitative estimate of drug-likeness (QED) is 0.895. The fourth-order valence-electron chi connectivity index (χ4n) is 2.41. The van der Waals surface area contributed by atoms with E-state index in [4.69, 9.17) is 4.98 Å². The Hall–Kier alpha value is -1.19. The second-order valence-corrected chi connectivity index (χ2v) is 6.18. The summed E-state index contributed by atoms with van der Waals surface area (Å²) in [5.41, 5.74) is 5.43. The molecule has 1 aromatic heterocycles. The van der Waals surface area contributed by atoms with Gasteiger partial charge in [0.2, 0.25) is 0 Å². The molecule has 18 heavy (non-hydrogen) atoms. The number of nitrogens with zero attached hydrogens (tertiary/aromatic N) is 1. The highest BCUT2D eigenvalue weighted by molar-refractivity contribution is 7.11. The van der Waals surface area contributed by atoms with Crippen LogP contribution in [-0.2, 0) is 19.4 Å². The van der Waals surface area contributed by atoms with Crippen molar-refractivity contribution in [1.29, 1.82) is 0 Å². The predicted molar refractivity (Wildman–Crippen MR) is 76.2 cm³/mol. The Morgan fingerprint density at radius 3 is 3.06 bits per heavy atom. The van der Waals surface area contributed by atoms with E-state index >= 15 is 0 Å². The lowest BCUT2D eigenvalue weighted by Crippen LogP contribution is -2.22. The van der Waals surface area contributed by atoms with E-state index in [0.29, 0.717) is 0 Å². The Labute approximate surface area is 112 Å². The lowest BCUT2D eigenvalue weighted by Gasteiger charge is -2.09. The molecule has 0 bridgehead atoms. The van der Waals surface area contributed by atoms with Crippen LogP contribution >= 0.6 is 11.3 Å². The van der Waals surface area contributed by atoms with Crippen molar-refractivity contribution in [2.24, 2.45) is 0 Å². The molecule has 3 rings (SSSR count). The SMILES string of the molecule is Cc1ccc(C)c(Cc2nc3c(s2)CNCC3)c1. The highest BCUT2D eigenvalue weighted by atomic mass is 32.1. The number of aromatic nitrogens is 1. The van der Waals surface area contributed by atoms with Gasteiger partial charge in [0.05, 0.1) is 10.7 Å². The van der Waals surface area contributed by atoms with E-state index in [-0.39, 0.29) is 0 Å². The van der Waals surface area contributed by atoms with E-state index < -0.39 is 0 Å². The van der Waals surface area contributed by atoms with Crippen LogP contribution < -0.4 is 5.32 Å². The Kier molecular flexibility index (Phi) is 3.18. The zero-order chi connectivity index (χ0) is 12.5. The maximum atomic E-state index is 4.80. The summed E-state index contributed by atoms with van der Waals surface area (Å²) in [4.78, 5) is 6.23. The highest BCUT2D eigenvalue weighted by Crippen LogP contribution is 2.24. The van der Waals surface area contributed by atoms with Crippen LogP contribution in [0, 0.1) is 13.8 Å². The average molecular weight is 258 g/mol. The van der Waals surface area contributed by atoms with Crippen LogP contribution in [-0.4, -0.2) is 11.5 Å². The van der Waals surface area contributed by atoms with Crippen molar-refractivity contribution in [3.8, 4) is 0 Å². The first kappa shape index (κ1) is 11.9. The molecule has 0 fully saturated rings. The normalized spacial score (nSPS) is 14.6. The number of fused-ring (bicyclic) bond motifs is 1. The molecule has 0 saturated heterocycles. The fraction of sp³-hybridized carbons (Fsp3) is 0.400. The summed E-state index contributed by atoms with van der Waals surface area (Å²) in [6.07, 6.45) is 2.06. The Morgan fingerprint density at radius 1 is 1.33 bits per heavy atom. The minimum absolute atomic E-state index is 0.977. The molecule has 0 radical (unpaired) electrons. The molecule has 1 N–H and O–H groups in total. The number of hydrogen-bond acceptors (Lipinski definition) is 3. The molecule has 1 aromatic carbocycles. The molecule has 94 valence electrons. The van der Waals surface area contributed by atoms with E-state index in [1.807, 2.05) is 11.3 Å². The van der Waals surface area contributed by atoms with Crippen LogP contribution in [0.4, 0.5) is 0 Å². The standard InChI is InChI=1S/C15H18N2S/c1-10-3-4-11(2)12(7-10)8-15-17-13-5-6-16-9-14(13)18-15/h3-4,7,16H,5-6,8-9H2,1-2H3. The van der Waals surface area contributed by atoms with Gasteiger partial charge in [-0.2, -0.15) is 0 Å². The number of rotatable bonds is 2. The third-order valence-electron chi connectivity index (χ3n) is 3.49. The van der Waals surface area contributed by atoms with Gasteiger partial charge in [-0.25, -0.2) is 4.98 Å². The second-order valence-electron chi connectivity index (χ2n) is 5.01. The van der Waals surface area contributed by atoms with Gasteiger partial charge in [-0.15, -0.1) is 11.3 Å². The molecular weight excluding hydrogens is 240 g/mol. The molecule has 0 spiro atoms. The summed E-state index contributed by atoms with van der Waals surface area (Å²) < 4.78 is 0. The van der Waals surface area contributed by atoms with Crippen molar-refractivity contribution >= 4 is 11.3 Å². The van der Waals surface area contributed by atoms with Gasteiger partial charge in [-0.1, -0.05) is 23.8 Å². The lowest BCUT2D eigenvalue weighted by molar-refractivity contribution is 0.643. The summed E-state index contributed by atoms with van der Waals surface area (Å²) in [7, 11) is 0. The number of aryl methyl sites for hydroxylation is 2. The van der Waals surface area contributed by atoms with E-state index in [2.05, 4.69) is 37.4 Å². The molecule has 0 saturated carbocycles. The molecule has 2 aromatic rings. The number of nitrogens with one attached hydrogen (secondary N) is 1. The topological polar surface area (TPSA) is 24.9 Å². The summed E-state index contributed by atoms with van der Waals surface area (Å²) >= 11 is 1.87. The fourth-order valence-corrected chi connectivity index (χ4v) is 3.52. The van der Waals surface area contributed by atoms with Gasteiger partial charge in [0.15, 0.2) is 0 Å². The Balaban J connectivity index is 1.87. The van der Waals surface area contributed by atoms with E-state index in [1.165, 1.54) is 32.3 Å². The molecule has 2 heterocycles. The van der Waals surface area contributed by atoms with Crippen LogP contribution in [0.15, 0.2) is 18.2 Å². The molecule has 2 nitrogen and oxygen atoms in total. The molecular formula is C15H18N2S. The minimum atomic E-state index is 0.977. The molecule has 0 amide bonds. The Morgan fingerprint density at radius 2 is 2.22 bits per heavy atom. The van der Waals surface area contributed by atoms with Crippen LogP contribution in [0.3, 0.4) is 0 Å². The summed E-state index contributed by atoms with van der Waals surface area (Å²) in [6.45, 7) is 6.41. The smallest absolute Gasteiger partial charge is 0.0975 e. The maximum Gasteiger partial charge on any atom is 0.0975 e. The van der Waals surface area contributed by atoms with Gasteiger partial charge in [0.1, 0.15) is 0 Å². The molecule has 0 aliphatic carbocycles. The monoisotopic (exact) mass is 258 g/mol. The summed E-state index contributed by atoms with van der Waals surface area (Å²) in [5, 5.41) is 4.67.